The first-order chi connectivity index (χ1) is 12.4. The van der Waals surface area contributed by atoms with Crippen molar-refractivity contribution in [2.24, 2.45) is 11.8 Å². The van der Waals surface area contributed by atoms with Gasteiger partial charge in [0.1, 0.15) is 0 Å². The molecule has 2 aromatic rings. The van der Waals surface area contributed by atoms with Gasteiger partial charge in [-0.3, -0.25) is 9.78 Å². The molecule has 1 aromatic carbocycles. The summed E-state index contributed by atoms with van der Waals surface area (Å²) in [5.41, 5.74) is 3.86. The smallest absolute Gasteiger partial charge is 0.253 e. The number of halogens is 1. The summed E-state index contributed by atoms with van der Waals surface area (Å²) in [5.74, 6) is 0.973. The first-order valence-electron chi connectivity index (χ1n) is 9.77. The molecule has 0 radical (unpaired) electrons. The van der Waals surface area contributed by atoms with Crippen LogP contribution in [-0.2, 0) is 12.8 Å². The maximum atomic E-state index is 13.1. The van der Waals surface area contributed by atoms with Gasteiger partial charge in [0, 0.05) is 29.7 Å². The molecule has 0 bridgehead atoms. The lowest BCUT2D eigenvalue weighted by Gasteiger charge is -2.26. The summed E-state index contributed by atoms with van der Waals surface area (Å²) in [4.78, 5) is 19.9. The number of nitrogens with zero attached hydrogens (tertiary/aromatic N) is 2. The molecule has 0 aliphatic heterocycles. The normalized spacial score (nSPS) is 14.1. The van der Waals surface area contributed by atoms with E-state index in [-0.39, 0.29) is 5.91 Å². The van der Waals surface area contributed by atoms with E-state index in [4.69, 9.17) is 16.6 Å². The van der Waals surface area contributed by atoms with Crippen LogP contribution in [-0.4, -0.2) is 28.9 Å². The molecule has 0 saturated carbocycles. The lowest BCUT2D eigenvalue weighted by Crippen LogP contribution is -2.37. The second-order valence-corrected chi connectivity index (χ2v) is 8.67. The van der Waals surface area contributed by atoms with E-state index >= 15 is 0 Å². The van der Waals surface area contributed by atoms with Gasteiger partial charge in [-0.05, 0) is 55.2 Å². The van der Waals surface area contributed by atoms with Gasteiger partial charge in [0.05, 0.1) is 10.5 Å². The van der Waals surface area contributed by atoms with Crippen molar-refractivity contribution in [1.82, 2.24) is 9.88 Å². The second kappa shape index (κ2) is 7.96. The Morgan fingerprint density at radius 2 is 1.77 bits per heavy atom. The summed E-state index contributed by atoms with van der Waals surface area (Å²) in [6.07, 6.45) is 4.33. The maximum absolute atomic E-state index is 13.1. The SMILES string of the molecule is CC(C)CN(CC(C)C)C(=O)c1ccc2c(Cl)c3c(nc2c1)CCCC3. The van der Waals surface area contributed by atoms with Crippen molar-refractivity contribution in [3.63, 3.8) is 0 Å². The molecule has 26 heavy (non-hydrogen) atoms. The average Bonchev–Trinajstić information content (AvgIpc) is 2.59. The van der Waals surface area contributed by atoms with E-state index in [0.717, 1.165) is 54.0 Å². The van der Waals surface area contributed by atoms with Crippen molar-refractivity contribution in [1.29, 1.82) is 0 Å². The minimum atomic E-state index is 0.0879. The maximum Gasteiger partial charge on any atom is 0.253 e. The Morgan fingerprint density at radius 3 is 2.42 bits per heavy atom. The fraction of sp³-hybridized carbons (Fsp3) is 0.545. The van der Waals surface area contributed by atoms with Gasteiger partial charge in [-0.2, -0.15) is 0 Å². The lowest BCUT2D eigenvalue weighted by atomic mass is 9.94. The van der Waals surface area contributed by atoms with Crippen LogP contribution in [0.3, 0.4) is 0 Å². The number of rotatable bonds is 5. The lowest BCUT2D eigenvalue weighted by molar-refractivity contribution is 0.0715. The molecule has 3 rings (SSSR count). The fourth-order valence-corrected chi connectivity index (χ4v) is 4.17. The highest BCUT2D eigenvalue weighted by molar-refractivity contribution is 6.36. The van der Waals surface area contributed by atoms with Crippen LogP contribution in [0.5, 0.6) is 0 Å². The number of fused-ring (bicyclic) bond motifs is 2. The van der Waals surface area contributed by atoms with E-state index in [9.17, 15) is 4.79 Å². The Morgan fingerprint density at radius 1 is 1.12 bits per heavy atom. The monoisotopic (exact) mass is 372 g/mol. The third-order valence-electron chi connectivity index (χ3n) is 4.90. The Hall–Kier alpha value is -1.61. The Bertz CT molecular complexity index is 803. The standard InChI is InChI=1S/C22H29ClN2O/c1-14(2)12-25(13-15(3)4)22(26)16-9-10-18-20(11-16)24-19-8-6-5-7-17(19)21(18)23/h9-11,14-15H,5-8,12-13H2,1-4H3. The number of hydrogen-bond acceptors (Lipinski definition) is 2. The Balaban J connectivity index is 1.98. The molecular formula is C22H29ClN2O. The summed E-state index contributed by atoms with van der Waals surface area (Å²) in [6, 6.07) is 5.79. The number of pyridine rings is 1. The summed E-state index contributed by atoms with van der Waals surface area (Å²) >= 11 is 6.66. The molecule has 0 spiro atoms. The zero-order chi connectivity index (χ0) is 18.8. The van der Waals surface area contributed by atoms with E-state index in [2.05, 4.69) is 27.7 Å². The molecule has 1 aliphatic rings. The number of aryl methyl sites for hydroxylation is 1. The highest BCUT2D eigenvalue weighted by atomic mass is 35.5. The first kappa shape index (κ1) is 19.2. The quantitative estimate of drug-likeness (QED) is 0.692. The van der Waals surface area contributed by atoms with E-state index in [1.54, 1.807) is 0 Å². The van der Waals surface area contributed by atoms with Crippen LogP contribution < -0.4 is 0 Å². The van der Waals surface area contributed by atoms with E-state index in [1.807, 2.05) is 23.1 Å². The Labute approximate surface area is 161 Å². The van der Waals surface area contributed by atoms with Gasteiger partial charge in [-0.1, -0.05) is 45.4 Å². The summed E-state index contributed by atoms with van der Waals surface area (Å²) in [5, 5.41) is 1.79. The van der Waals surface area contributed by atoms with Crippen molar-refractivity contribution in [2.75, 3.05) is 13.1 Å². The van der Waals surface area contributed by atoms with Gasteiger partial charge < -0.3 is 4.90 Å². The number of aromatic nitrogens is 1. The summed E-state index contributed by atoms with van der Waals surface area (Å²) in [6.45, 7) is 10.1. The van der Waals surface area contributed by atoms with Crippen LogP contribution in [0.2, 0.25) is 5.02 Å². The van der Waals surface area contributed by atoms with E-state index in [1.165, 1.54) is 12.0 Å². The zero-order valence-electron chi connectivity index (χ0n) is 16.3. The number of amides is 1. The molecule has 0 saturated heterocycles. The van der Waals surface area contributed by atoms with Crippen LogP contribution in [0.4, 0.5) is 0 Å². The van der Waals surface area contributed by atoms with Crippen molar-refractivity contribution < 1.29 is 4.79 Å². The van der Waals surface area contributed by atoms with Crippen molar-refractivity contribution >= 4 is 28.4 Å². The third-order valence-corrected chi connectivity index (χ3v) is 5.33. The third kappa shape index (κ3) is 4.03. The molecule has 1 aromatic heterocycles. The van der Waals surface area contributed by atoms with Crippen LogP contribution in [0, 0.1) is 11.8 Å². The molecule has 0 N–H and O–H groups in total. The number of hydrogen-bond donors (Lipinski definition) is 0. The molecule has 1 aliphatic carbocycles. The van der Waals surface area contributed by atoms with E-state index in [0.29, 0.717) is 17.4 Å². The molecular weight excluding hydrogens is 344 g/mol. The molecule has 0 unspecified atom stereocenters. The average molecular weight is 373 g/mol. The predicted octanol–water partition coefficient (Wildman–Crippen LogP) is 5.52. The van der Waals surface area contributed by atoms with Gasteiger partial charge >= 0.3 is 0 Å². The summed E-state index contributed by atoms with van der Waals surface area (Å²) in [7, 11) is 0. The zero-order valence-corrected chi connectivity index (χ0v) is 17.1. The predicted molar refractivity (Wildman–Crippen MR) is 109 cm³/mol. The van der Waals surface area contributed by atoms with Crippen LogP contribution in [0.1, 0.15) is 62.2 Å². The topological polar surface area (TPSA) is 33.2 Å². The molecule has 0 fully saturated rings. The minimum Gasteiger partial charge on any atom is -0.338 e. The van der Waals surface area contributed by atoms with Crippen LogP contribution in [0.25, 0.3) is 10.9 Å². The number of benzene rings is 1. The van der Waals surface area contributed by atoms with Gasteiger partial charge in [0.15, 0.2) is 0 Å². The van der Waals surface area contributed by atoms with Gasteiger partial charge in [-0.15, -0.1) is 0 Å². The molecule has 1 amide bonds. The van der Waals surface area contributed by atoms with Crippen molar-refractivity contribution in [2.45, 2.75) is 53.4 Å². The van der Waals surface area contributed by atoms with Gasteiger partial charge in [-0.25, -0.2) is 0 Å². The van der Waals surface area contributed by atoms with Crippen molar-refractivity contribution in [3.8, 4) is 0 Å². The Kier molecular flexibility index (Phi) is 5.86. The molecule has 0 atom stereocenters. The minimum absolute atomic E-state index is 0.0879. The molecule has 140 valence electrons. The number of carbonyl (C=O) groups is 1. The molecule has 1 heterocycles. The first-order valence-corrected chi connectivity index (χ1v) is 10.1. The second-order valence-electron chi connectivity index (χ2n) is 8.29. The molecule has 4 heteroatoms. The highest BCUT2D eigenvalue weighted by Crippen LogP contribution is 2.33. The molecule has 3 nitrogen and oxygen atoms in total. The van der Waals surface area contributed by atoms with Crippen LogP contribution in [0.15, 0.2) is 18.2 Å². The van der Waals surface area contributed by atoms with Gasteiger partial charge in [0.2, 0.25) is 0 Å². The fourth-order valence-electron chi connectivity index (χ4n) is 3.80. The van der Waals surface area contributed by atoms with Gasteiger partial charge in [0.25, 0.3) is 5.91 Å². The van der Waals surface area contributed by atoms with Crippen molar-refractivity contribution in [3.05, 3.63) is 40.0 Å². The van der Waals surface area contributed by atoms with E-state index < -0.39 is 0 Å². The number of carbonyl (C=O) groups excluding carboxylic acids is 1. The highest BCUT2D eigenvalue weighted by Gasteiger charge is 2.21. The largest absolute Gasteiger partial charge is 0.338 e. The summed E-state index contributed by atoms with van der Waals surface area (Å²) < 4.78 is 0. The van der Waals surface area contributed by atoms with Crippen LogP contribution >= 0.6 is 11.6 Å².